The number of nitrogens with zero attached hydrogens (tertiary/aromatic N) is 5. The Morgan fingerprint density at radius 2 is 1.97 bits per heavy atom. The van der Waals surface area contributed by atoms with E-state index in [0.717, 1.165) is 6.26 Å². The minimum atomic E-state index is -3.56. The van der Waals surface area contributed by atoms with Crippen LogP contribution in [0.15, 0.2) is 37.2 Å². The van der Waals surface area contributed by atoms with E-state index in [0.29, 0.717) is 17.0 Å². The van der Waals surface area contributed by atoms with E-state index in [2.05, 4.69) is 26.8 Å². The third-order valence-electron chi connectivity index (χ3n) is 4.83. The van der Waals surface area contributed by atoms with Crippen LogP contribution in [-0.4, -0.2) is 77.3 Å². The number of aromatic nitrogens is 3. The lowest BCUT2D eigenvalue weighted by atomic mass is 10.0. The summed E-state index contributed by atoms with van der Waals surface area (Å²) < 4.78 is 26.1. The summed E-state index contributed by atoms with van der Waals surface area (Å²) in [5, 5.41) is 2.60. The van der Waals surface area contributed by atoms with Gasteiger partial charge in [-0.3, -0.25) is 9.59 Å². The van der Waals surface area contributed by atoms with Crippen molar-refractivity contribution < 1.29 is 18.0 Å². The quantitative estimate of drug-likeness (QED) is 0.514. The second-order valence-corrected chi connectivity index (χ2v) is 9.18. The molecule has 10 nitrogen and oxygen atoms in total. The minimum absolute atomic E-state index is 0.119. The first kappa shape index (κ1) is 22.8. The molecule has 3 heterocycles. The molecule has 0 aliphatic carbocycles. The highest BCUT2D eigenvalue weighted by Gasteiger charge is 2.35. The summed E-state index contributed by atoms with van der Waals surface area (Å²) in [6.45, 7) is 4.01. The number of hydrogen-bond acceptors (Lipinski definition) is 7. The first-order valence-electron chi connectivity index (χ1n) is 9.24. The zero-order valence-corrected chi connectivity index (χ0v) is 18.5. The fourth-order valence-electron chi connectivity index (χ4n) is 3.35. The molecule has 0 saturated carbocycles. The lowest BCUT2D eigenvalue weighted by molar-refractivity contribution is -0.128. The third-order valence-corrected chi connectivity index (χ3v) is 6.32. The first-order chi connectivity index (χ1) is 14.6. The van der Waals surface area contributed by atoms with Crippen LogP contribution < -0.4 is 5.32 Å². The summed E-state index contributed by atoms with van der Waals surface area (Å²) in [6, 6.07) is 3.99. The molecule has 1 saturated heterocycles. The monoisotopic (exact) mass is 464 g/mol. The second kappa shape index (κ2) is 9.08. The molecule has 1 atom stereocenters. The highest BCUT2D eigenvalue weighted by molar-refractivity contribution is 7.88. The molecule has 12 heteroatoms. The summed E-state index contributed by atoms with van der Waals surface area (Å²) in [5.74, 6) is -0.676. The normalized spacial score (nSPS) is 17.3. The van der Waals surface area contributed by atoms with Gasteiger partial charge in [0.1, 0.15) is 17.2 Å². The van der Waals surface area contributed by atoms with Crippen molar-refractivity contribution in [1.82, 2.24) is 29.5 Å². The van der Waals surface area contributed by atoms with Crippen molar-refractivity contribution in [3.8, 4) is 11.4 Å². The summed E-state index contributed by atoms with van der Waals surface area (Å²) in [6.07, 6.45) is 3.55. The maximum Gasteiger partial charge on any atom is 0.269 e. The predicted octanol–water partition coefficient (Wildman–Crippen LogP) is 0.882. The summed E-state index contributed by atoms with van der Waals surface area (Å²) in [4.78, 5) is 37.9. The van der Waals surface area contributed by atoms with E-state index in [9.17, 15) is 18.0 Å². The molecule has 0 radical (unpaired) electrons. The van der Waals surface area contributed by atoms with Crippen LogP contribution in [0.4, 0.5) is 0 Å². The highest BCUT2D eigenvalue weighted by Crippen LogP contribution is 2.31. The van der Waals surface area contributed by atoms with Gasteiger partial charge in [-0.05, 0) is 29.8 Å². The fraction of sp³-hybridized carbons (Fsp3) is 0.316. The molecule has 0 bridgehead atoms. The number of sulfonamides is 1. The predicted molar refractivity (Wildman–Crippen MR) is 115 cm³/mol. The van der Waals surface area contributed by atoms with Gasteiger partial charge < -0.3 is 10.2 Å². The van der Waals surface area contributed by atoms with E-state index >= 15 is 0 Å². The average molecular weight is 465 g/mol. The van der Waals surface area contributed by atoms with Crippen LogP contribution in [0, 0.1) is 0 Å². The van der Waals surface area contributed by atoms with Crippen LogP contribution in [0.2, 0.25) is 5.15 Å². The van der Waals surface area contributed by atoms with Gasteiger partial charge in [-0.15, -0.1) is 0 Å². The highest BCUT2D eigenvalue weighted by atomic mass is 35.5. The van der Waals surface area contributed by atoms with Gasteiger partial charge in [-0.1, -0.05) is 18.2 Å². The lowest BCUT2D eigenvalue weighted by Gasteiger charge is -2.40. The molecule has 1 aliphatic rings. The number of carbonyl (C=O) groups excluding carboxylic acids is 2. The lowest BCUT2D eigenvalue weighted by Crippen LogP contribution is -2.51. The van der Waals surface area contributed by atoms with Gasteiger partial charge in [0.25, 0.3) is 5.91 Å². The Bertz CT molecular complexity index is 1140. The molecule has 2 amide bonds. The maximum atomic E-state index is 12.4. The molecule has 1 aliphatic heterocycles. The molecule has 0 aromatic carbocycles. The number of piperazine rings is 1. The number of amides is 2. The van der Waals surface area contributed by atoms with Crippen molar-refractivity contribution in [1.29, 1.82) is 0 Å². The largest absolute Gasteiger partial charge is 0.354 e. The van der Waals surface area contributed by atoms with E-state index < -0.39 is 16.1 Å². The van der Waals surface area contributed by atoms with Gasteiger partial charge in [-0.2, -0.15) is 4.31 Å². The van der Waals surface area contributed by atoms with Crippen molar-refractivity contribution in [2.45, 2.75) is 6.04 Å². The van der Waals surface area contributed by atoms with Gasteiger partial charge in [0, 0.05) is 26.7 Å². The maximum absolute atomic E-state index is 12.4. The molecule has 2 aromatic heterocycles. The van der Waals surface area contributed by atoms with Crippen LogP contribution in [0.25, 0.3) is 11.4 Å². The zero-order valence-electron chi connectivity index (χ0n) is 16.9. The van der Waals surface area contributed by atoms with E-state index in [1.807, 2.05) is 0 Å². The number of hydrogen-bond donors (Lipinski definition) is 1. The van der Waals surface area contributed by atoms with E-state index in [1.54, 1.807) is 12.1 Å². The molecule has 0 unspecified atom stereocenters. The molecule has 3 rings (SSSR count). The van der Waals surface area contributed by atoms with Crippen molar-refractivity contribution in [2.24, 2.45) is 0 Å². The number of rotatable bonds is 5. The summed E-state index contributed by atoms with van der Waals surface area (Å²) in [7, 11) is -2.08. The fourth-order valence-corrected chi connectivity index (χ4v) is 4.64. The Morgan fingerprint density at radius 3 is 2.61 bits per heavy atom. The Morgan fingerprint density at radius 1 is 1.23 bits per heavy atom. The minimum Gasteiger partial charge on any atom is -0.354 e. The third kappa shape index (κ3) is 5.06. The summed E-state index contributed by atoms with van der Waals surface area (Å²) >= 11 is 6.24. The smallest absolute Gasteiger partial charge is 0.269 e. The number of halogens is 1. The molecule has 0 spiro atoms. The molecule has 1 fully saturated rings. The molecule has 2 aromatic rings. The van der Waals surface area contributed by atoms with Gasteiger partial charge in [-0.25, -0.2) is 23.4 Å². The first-order valence-corrected chi connectivity index (χ1v) is 11.5. The van der Waals surface area contributed by atoms with Crippen molar-refractivity contribution in [3.63, 3.8) is 0 Å². The molecular formula is C19H21ClN6O4S. The molecule has 1 N–H and O–H groups in total. The van der Waals surface area contributed by atoms with Crippen molar-refractivity contribution in [2.75, 3.05) is 32.9 Å². The zero-order chi connectivity index (χ0) is 22.8. The summed E-state index contributed by atoms with van der Waals surface area (Å²) in [5.41, 5.74) is 1.38. The number of pyridine rings is 1. The van der Waals surface area contributed by atoms with E-state index in [-0.39, 0.29) is 42.3 Å². The SMILES string of the molecule is C=CC(=O)N1CCN(S(C)(=O)=O)[C@@H](c2cc(Cl)nc(-c3cc(C(=O)NC)ncn3)c2)C1. The Hall–Kier alpha value is -2.89. The molecular weight excluding hydrogens is 444 g/mol. The Kier molecular flexibility index (Phi) is 6.68. The standard InChI is InChI=1S/C19H21ClN6O4S/c1-4-18(27)25-5-6-26(31(3,29)30)16(10-25)12-7-14(24-17(20)8-12)13-9-15(19(28)21-2)23-11-22-13/h4,7-9,11,16H,1,5-6,10H2,2-3H3,(H,21,28)/t16-/m1/s1. The van der Waals surface area contributed by atoms with Gasteiger partial charge in [0.15, 0.2) is 0 Å². The number of nitrogens with one attached hydrogen (secondary N) is 1. The van der Waals surface area contributed by atoms with Crippen LogP contribution in [0.1, 0.15) is 22.1 Å². The topological polar surface area (TPSA) is 125 Å². The van der Waals surface area contributed by atoms with Crippen LogP contribution in [-0.2, 0) is 14.8 Å². The Labute approximate surface area is 185 Å². The van der Waals surface area contributed by atoms with Crippen molar-refractivity contribution >= 4 is 33.4 Å². The van der Waals surface area contributed by atoms with Crippen LogP contribution in [0.3, 0.4) is 0 Å². The Balaban J connectivity index is 2.06. The van der Waals surface area contributed by atoms with E-state index in [1.165, 1.54) is 34.7 Å². The molecule has 164 valence electrons. The van der Waals surface area contributed by atoms with Gasteiger partial charge in [0.2, 0.25) is 15.9 Å². The second-order valence-electron chi connectivity index (χ2n) is 6.85. The van der Waals surface area contributed by atoms with E-state index in [4.69, 9.17) is 11.6 Å². The molecule has 31 heavy (non-hydrogen) atoms. The number of carbonyl (C=O) groups is 2. The van der Waals surface area contributed by atoms with Crippen LogP contribution >= 0.6 is 11.6 Å². The van der Waals surface area contributed by atoms with Crippen molar-refractivity contribution in [3.05, 3.63) is 53.6 Å². The van der Waals surface area contributed by atoms with Gasteiger partial charge >= 0.3 is 0 Å². The van der Waals surface area contributed by atoms with Crippen LogP contribution in [0.5, 0.6) is 0 Å². The average Bonchev–Trinajstić information content (AvgIpc) is 2.76. The van der Waals surface area contributed by atoms with Gasteiger partial charge in [0.05, 0.1) is 23.7 Å².